The largest absolute Gasteiger partial charge is 0.399 e. The number of hydrogen-bond donors (Lipinski definition) is 1. The maximum Gasteiger partial charge on any atom is 0.288 e. The first-order chi connectivity index (χ1) is 8.99. The fourth-order valence-electron chi connectivity index (χ4n) is 1.49. The molecule has 0 heterocycles. The molecule has 2 N–H and O–H groups in total. The molecule has 0 saturated carbocycles. The van der Waals surface area contributed by atoms with Crippen LogP contribution in [0.2, 0.25) is 0 Å². The Morgan fingerprint density at radius 3 is 2.16 bits per heavy atom. The lowest BCUT2D eigenvalue weighted by molar-refractivity contribution is 0.598. The highest BCUT2D eigenvalue weighted by molar-refractivity contribution is 7.99. The van der Waals surface area contributed by atoms with E-state index < -0.39 is 20.7 Å². The molecule has 0 aliphatic heterocycles. The van der Waals surface area contributed by atoms with Gasteiger partial charge in [-0.3, -0.25) is 0 Å². The topological polar surface area (TPSA) is 72.5 Å². The average Bonchev–Trinajstić information content (AvgIpc) is 2.40. The maximum atomic E-state index is 12.1. The zero-order valence-electron chi connectivity index (χ0n) is 10.4. The van der Waals surface area contributed by atoms with Crippen LogP contribution >= 0.6 is 0 Å². The van der Waals surface area contributed by atoms with Crippen LogP contribution in [-0.2, 0) is 20.7 Å². The minimum Gasteiger partial charge on any atom is -0.399 e. The van der Waals surface area contributed by atoms with Gasteiger partial charge < -0.3 is 5.73 Å². The molecule has 6 heteroatoms. The highest BCUT2D eigenvalue weighted by atomic mass is 32.3. The van der Waals surface area contributed by atoms with Crippen LogP contribution < -0.4 is 5.73 Å². The fraction of sp³-hybridized carbons (Fsp3) is 0.0769. The lowest BCUT2D eigenvalue weighted by atomic mass is 10.3. The molecule has 1 unspecified atom stereocenters. The summed E-state index contributed by atoms with van der Waals surface area (Å²) < 4.78 is 28.1. The van der Waals surface area contributed by atoms with E-state index >= 15 is 0 Å². The van der Waals surface area contributed by atoms with Crippen LogP contribution in [0.25, 0.3) is 0 Å². The summed E-state index contributed by atoms with van der Waals surface area (Å²) in [5, 5.41) is 0. The van der Waals surface area contributed by atoms with Gasteiger partial charge in [0.05, 0.1) is 4.90 Å². The van der Waals surface area contributed by atoms with Crippen molar-refractivity contribution in [1.82, 2.24) is 0 Å². The first kappa shape index (κ1) is 13.8. The average molecular weight is 294 g/mol. The van der Waals surface area contributed by atoms with E-state index in [-0.39, 0.29) is 4.90 Å². The number of anilines is 1. The van der Waals surface area contributed by atoms with Gasteiger partial charge in [-0.1, -0.05) is 28.9 Å². The number of nitrogens with two attached hydrogens (primary N) is 1. The van der Waals surface area contributed by atoms with Crippen molar-refractivity contribution in [2.75, 3.05) is 12.0 Å². The summed E-state index contributed by atoms with van der Waals surface area (Å²) in [6, 6.07) is 15.3. The lowest BCUT2D eigenvalue weighted by Gasteiger charge is -2.04. The molecule has 0 fully saturated rings. The number of nitrogens with zero attached hydrogens (tertiary/aromatic N) is 1. The molecule has 2 aromatic carbocycles. The highest BCUT2D eigenvalue weighted by Gasteiger charge is 2.12. The van der Waals surface area contributed by atoms with Crippen molar-refractivity contribution < 1.29 is 8.42 Å². The van der Waals surface area contributed by atoms with Crippen molar-refractivity contribution in [3.63, 3.8) is 0 Å². The standard InChI is InChI=1S/C13H14N2O2S2/c1-18(12-9-7-11(14)8-10-12)15-19(16,17)13-5-3-2-4-6-13/h2-10H,14H2,1H3. The highest BCUT2D eigenvalue weighted by Crippen LogP contribution is 2.16. The van der Waals surface area contributed by atoms with Gasteiger partial charge in [0.1, 0.15) is 0 Å². The smallest absolute Gasteiger partial charge is 0.288 e. The molecule has 0 saturated heterocycles. The first-order valence-electron chi connectivity index (χ1n) is 5.54. The summed E-state index contributed by atoms with van der Waals surface area (Å²) in [4.78, 5) is 1.05. The minimum absolute atomic E-state index is 0.213. The Morgan fingerprint density at radius 2 is 1.58 bits per heavy atom. The molecule has 0 aromatic heterocycles. The SMILES string of the molecule is C/S(=N/S(=O)(=O)c1ccccc1)c1ccc(N)cc1. The van der Waals surface area contributed by atoms with E-state index in [2.05, 4.69) is 3.77 Å². The van der Waals surface area contributed by atoms with E-state index in [0.717, 1.165) is 4.90 Å². The van der Waals surface area contributed by atoms with Gasteiger partial charge in [-0.25, -0.2) is 0 Å². The Labute approximate surface area is 115 Å². The molecule has 0 aliphatic carbocycles. The van der Waals surface area contributed by atoms with Gasteiger partial charge in [0.2, 0.25) is 0 Å². The van der Waals surface area contributed by atoms with E-state index in [1.54, 1.807) is 60.9 Å². The van der Waals surface area contributed by atoms with Crippen LogP contribution in [0, 0.1) is 0 Å². The monoisotopic (exact) mass is 294 g/mol. The second kappa shape index (κ2) is 5.54. The summed E-state index contributed by atoms with van der Waals surface area (Å²) in [6.45, 7) is 0. The van der Waals surface area contributed by atoms with E-state index in [1.807, 2.05) is 0 Å². The molecule has 0 amide bonds. The number of benzene rings is 2. The van der Waals surface area contributed by atoms with Gasteiger partial charge in [-0.2, -0.15) is 8.42 Å². The van der Waals surface area contributed by atoms with E-state index in [0.29, 0.717) is 5.69 Å². The third kappa shape index (κ3) is 3.42. The van der Waals surface area contributed by atoms with Crippen LogP contribution in [0.15, 0.2) is 68.2 Å². The number of rotatable bonds is 3. The van der Waals surface area contributed by atoms with E-state index in [1.165, 1.54) is 0 Å². The van der Waals surface area contributed by atoms with Gasteiger partial charge in [-0.15, -0.1) is 3.77 Å². The molecule has 0 bridgehead atoms. The maximum absolute atomic E-state index is 12.1. The van der Waals surface area contributed by atoms with E-state index in [4.69, 9.17) is 5.73 Å². The molecule has 0 radical (unpaired) electrons. The number of hydrogen-bond acceptors (Lipinski definition) is 3. The summed E-state index contributed by atoms with van der Waals surface area (Å²) in [7, 11) is -4.34. The van der Waals surface area contributed by atoms with Crippen molar-refractivity contribution in [2.45, 2.75) is 9.79 Å². The Morgan fingerprint density at radius 1 is 1.00 bits per heavy atom. The third-order valence-corrected chi connectivity index (χ3v) is 5.97. The molecule has 100 valence electrons. The Hall–Kier alpha value is -1.66. The van der Waals surface area contributed by atoms with Crippen LogP contribution in [0.4, 0.5) is 5.69 Å². The molecule has 2 rings (SSSR count). The van der Waals surface area contributed by atoms with Crippen molar-refractivity contribution in [2.24, 2.45) is 3.77 Å². The van der Waals surface area contributed by atoms with Gasteiger partial charge in [0.25, 0.3) is 10.0 Å². The van der Waals surface area contributed by atoms with Gasteiger partial charge in [0, 0.05) is 10.6 Å². The molecular weight excluding hydrogens is 280 g/mol. The summed E-state index contributed by atoms with van der Waals surface area (Å²) >= 11 is 0. The normalized spacial score (nSPS) is 13.3. The molecule has 0 aliphatic rings. The molecule has 0 spiro atoms. The Kier molecular flexibility index (Phi) is 4.01. The zero-order chi connectivity index (χ0) is 13.9. The first-order valence-corrected chi connectivity index (χ1v) is 8.57. The van der Waals surface area contributed by atoms with Crippen molar-refractivity contribution in [3.8, 4) is 0 Å². The van der Waals surface area contributed by atoms with Crippen molar-refractivity contribution in [3.05, 3.63) is 54.6 Å². The Balaban J connectivity index is 2.38. The second-order valence-electron chi connectivity index (χ2n) is 3.91. The van der Waals surface area contributed by atoms with Crippen LogP contribution in [-0.4, -0.2) is 14.7 Å². The molecule has 2 aromatic rings. The summed E-state index contributed by atoms with van der Waals surface area (Å²) in [5.41, 5.74) is 6.24. The van der Waals surface area contributed by atoms with Crippen molar-refractivity contribution in [1.29, 1.82) is 0 Å². The van der Waals surface area contributed by atoms with Crippen LogP contribution in [0.5, 0.6) is 0 Å². The molecule has 19 heavy (non-hydrogen) atoms. The van der Waals surface area contributed by atoms with Gasteiger partial charge in [0.15, 0.2) is 0 Å². The fourth-order valence-corrected chi connectivity index (χ4v) is 4.39. The summed E-state index contributed by atoms with van der Waals surface area (Å²) in [6.07, 6.45) is 1.77. The van der Waals surface area contributed by atoms with Crippen molar-refractivity contribution >= 4 is 26.4 Å². The van der Waals surface area contributed by atoms with E-state index in [9.17, 15) is 8.42 Å². The minimum atomic E-state index is -3.61. The third-order valence-electron chi connectivity index (χ3n) is 2.47. The predicted molar refractivity (Wildman–Crippen MR) is 78.5 cm³/mol. The number of nitrogen functional groups attached to an aromatic ring is 1. The number of sulfonamides is 1. The molecule has 4 nitrogen and oxygen atoms in total. The molecule has 1 atom stereocenters. The van der Waals surface area contributed by atoms with Gasteiger partial charge in [-0.05, 0) is 42.7 Å². The van der Waals surface area contributed by atoms with Crippen LogP contribution in [0.1, 0.15) is 0 Å². The quantitative estimate of drug-likeness (QED) is 0.884. The summed E-state index contributed by atoms with van der Waals surface area (Å²) in [5.74, 6) is 0. The molecular formula is C13H14N2O2S2. The Bertz CT molecular complexity index is 693. The predicted octanol–water partition coefficient (Wildman–Crippen LogP) is 2.45. The van der Waals surface area contributed by atoms with Gasteiger partial charge >= 0.3 is 0 Å². The second-order valence-corrected chi connectivity index (χ2v) is 7.35. The van der Waals surface area contributed by atoms with Crippen LogP contribution in [0.3, 0.4) is 0 Å². The zero-order valence-corrected chi connectivity index (χ0v) is 12.0. The lowest BCUT2D eigenvalue weighted by Crippen LogP contribution is -1.99.